The second-order valence-electron chi connectivity index (χ2n) is 5.31. The number of phenols is 1. The highest BCUT2D eigenvalue weighted by Crippen LogP contribution is 2.41. The highest BCUT2D eigenvalue weighted by Gasteiger charge is 2.14. The van der Waals surface area contributed by atoms with Gasteiger partial charge in [0.05, 0.1) is 0 Å². The van der Waals surface area contributed by atoms with E-state index in [1.54, 1.807) is 42.7 Å². The molecule has 0 amide bonds. The highest BCUT2D eigenvalue weighted by atomic mass is 16.5. The molecule has 5 heteroatoms. The van der Waals surface area contributed by atoms with Crippen molar-refractivity contribution in [3.63, 3.8) is 0 Å². The Labute approximate surface area is 144 Å². The molecule has 0 aliphatic heterocycles. The molecule has 4 aromatic rings. The summed E-state index contributed by atoms with van der Waals surface area (Å²) in [5.41, 5.74) is 0.733. The lowest BCUT2D eigenvalue weighted by molar-refractivity contribution is 0.375. The zero-order valence-corrected chi connectivity index (χ0v) is 13.2. The minimum absolute atomic E-state index is 0.0312. The number of fused-ring (bicyclic) bond motifs is 1. The summed E-state index contributed by atoms with van der Waals surface area (Å²) >= 11 is 0. The van der Waals surface area contributed by atoms with E-state index in [4.69, 9.17) is 9.47 Å². The summed E-state index contributed by atoms with van der Waals surface area (Å²) in [7, 11) is 0. The fraction of sp³-hybridized carbons (Fsp3) is 0. The molecular weight excluding hydrogens is 316 g/mol. The van der Waals surface area contributed by atoms with Gasteiger partial charge in [-0.15, -0.1) is 0 Å². The maximum atomic E-state index is 10.2. The second kappa shape index (κ2) is 6.49. The van der Waals surface area contributed by atoms with Gasteiger partial charge in [0.25, 0.3) is 0 Å². The van der Waals surface area contributed by atoms with Crippen LogP contribution in [0.15, 0.2) is 79.1 Å². The Bertz CT molecular complexity index is 1010. The van der Waals surface area contributed by atoms with Crippen molar-refractivity contribution in [2.45, 2.75) is 0 Å². The summed E-state index contributed by atoms with van der Waals surface area (Å²) in [4.78, 5) is 8.48. The fourth-order valence-electron chi connectivity index (χ4n) is 2.48. The first kappa shape index (κ1) is 15.0. The molecule has 122 valence electrons. The van der Waals surface area contributed by atoms with Gasteiger partial charge in [-0.3, -0.25) is 4.98 Å². The standard InChI is InChI=1S/C20H14N2O3/c23-15-8-4-10-17(20(15)25-18-11-1-2-12-21-18)24-16-9-3-6-14-7-5-13-22-19(14)16/h1-13,23H. The Kier molecular flexibility index (Phi) is 3.88. The van der Waals surface area contributed by atoms with E-state index < -0.39 is 0 Å². The lowest BCUT2D eigenvalue weighted by Crippen LogP contribution is -1.93. The number of para-hydroxylation sites is 2. The van der Waals surface area contributed by atoms with Crippen LogP contribution in [0.3, 0.4) is 0 Å². The van der Waals surface area contributed by atoms with Crippen molar-refractivity contribution in [1.82, 2.24) is 9.97 Å². The Balaban J connectivity index is 1.74. The summed E-state index contributed by atoms with van der Waals surface area (Å²) in [5, 5.41) is 11.2. The highest BCUT2D eigenvalue weighted by molar-refractivity contribution is 5.84. The Morgan fingerprint density at radius 3 is 2.36 bits per heavy atom. The third kappa shape index (κ3) is 3.07. The topological polar surface area (TPSA) is 64.5 Å². The fourth-order valence-corrected chi connectivity index (χ4v) is 2.48. The number of hydrogen-bond donors (Lipinski definition) is 1. The van der Waals surface area contributed by atoms with Crippen LogP contribution in [0.1, 0.15) is 0 Å². The van der Waals surface area contributed by atoms with Gasteiger partial charge in [0.2, 0.25) is 11.6 Å². The van der Waals surface area contributed by atoms with Gasteiger partial charge in [-0.05, 0) is 30.3 Å². The number of phenolic OH excluding ortho intramolecular Hbond substituents is 1. The number of rotatable bonds is 4. The zero-order chi connectivity index (χ0) is 17.1. The summed E-state index contributed by atoms with van der Waals surface area (Å²) in [5.74, 6) is 1.49. The van der Waals surface area contributed by atoms with Crippen molar-refractivity contribution >= 4 is 10.9 Å². The molecule has 0 saturated carbocycles. The number of benzene rings is 2. The SMILES string of the molecule is Oc1cccc(Oc2cccc3cccnc23)c1Oc1ccccn1. The predicted molar refractivity (Wildman–Crippen MR) is 94.2 cm³/mol. The van der Waals surface area contributed by atoms with E-state index >= 15 is 0 Å². The van der Waals surface area contributed by atoms with Gasteiger partial charge in [0, 0.05) is 23.8 Å². The Morgan fingerprint density at radius 1 is 0.680 bits per heavy atom. The van der Waals surface area contributed by atoms with Crippen molar-refractivity contribution in [3.05, 3.63) is 79.1 Å². The van der Waals surface area contributed by atoms with Gasteiger partial charge in [0.1, 0.15) is 5.52 Å². The quantitative estimate of drug-likeness (QED) is 0.575. The normalized spacial score (nSPS) is 10.6. The zero-order valence-electron chi connectivity index (χ0n) is 13.2. The number of nitrogens with zero attached hydrogens (tertiary/aromatic N) is 2. The molecule has 0 unspecified atom stereocenters. The third-order valence-electron chi connectivity index (χ3n) is 3.62. The smallest absolute Gasteiger partial charge is 0.219 e. The summed E-state index contributed by atoms with van der Waals surface area (Å²) < 4.78 is 11.7. The van der Waals surface area contributed by atoms with Crippen LogP contribution in [-0.4, -0.2) is 15.1 Å². The molecule has 2 aromatic carbocycles. The molecule has 0 saturated heterocycles. The van der Waals surface area contributed by atoms with Crippen molar-refractivity contribution in [2.24, 2.45) is 0 Å². The van der Waals surface area contributed by atoms with Crippen LogP contribution in [0.2, 0.25) is 0 Å². The summed E-state index contributed by atoms with van der Waals surface area (Å²) in [6, 6.07) is 19.7. The van der Waals surface area contributed by atoms with Gasteiger partial charge in [-0.1, -0.05) is 30.3 Å². The maximum Gasteiger partial charge on any atom is 0.219 e. The average molecular weight is 330 g/mol. The van der Waals surface area contributed by atoms with E-state index in [0.29, 0.717) is 17.4 Å². The van der Waals surface area contributed by atoms with Crippen LogP contribution in [0.5, 0.6) is 28.9 Å². The summed E-state index contributed by atoms with van der Waals surface area (Å²) in [6.07, 6.45) is 3.33. The van der Waals surface area contributed by atoms with E-state index in [1.807, 2.05) is 30.3 Å². The Morgan fingerprint density at radius 2 is 1.48 bits per heavy atom. The van der Waals surface area contributed by atoms with Crippen LogP contribution in [0, 0.1) is 0 Å². The van der Waals surface area contributed by atoms with E-state index in [-0.39, 0.29) is 11.5 Å². The van der Waals surface area contributed by atoms with Gasteiger partial charge in [-0.25, -0.2) is 4.98 Å². The number of aromatic nitrogens is 2. The van der Waals surface area contributed by atoms with Crippen LogP contribution >= 0.6 is 0 Å². The van der Waals surface area contributed by atoms with Crippen LogP contribution < -0.4 is 9.47 Å². The van der Waals surface area contributed by atoms with E-state index in [9.17, 15) is 5.11 Å². The minimum Gasteiger partial charge on any atom is -0.504 e. The summed E-state index contributed by atoms with van der Waals surface area (Å²) in [6.45, 7) is 0. The molecule has 0 atom stereocenters. The largest absolute Gasteiger partial charge is 0.504 e. The second-order valence-corrected chi connectivity index (χ2v) is 5.31. The van der Waals surface area contributed by atoms with Crippen molar-refractivity contribution in [3.8, 4) is 28.9 Å². The van der Waals surface area contributed by atoms with Crippen LogP contribution in [0.25, 0.3) is 10.9 Å². The molecule has 0 spiro atoms. The molecule has 2 aromatic heterocycles. The first-order valence-corrected chi connectivity index (χ1v) is 7.74. The van der Waals surface area contributed by atoms with Gasteiger partial charge >= 0.3 is 0 Å². The van der Waals surface area contributed by atoms with E-state index in [1.165, 1.54) is 6.07 Å². The molecule has 5 nitrogen and oxygen atoms in total. The number of pyridine rings is 2. The molecule has 2 heterocycles. The first-order chi connectivity index (χ1) is 12.3. The molecule has 25 heavy (non-hydrogen) atoms. The van der Waals surface area contributed by atoms with Crippen LogP contribution in [0.4, 0.5) is 0 Å². The van der Waals surface area contributed by atoms with Crippen molar-refractivity contribution in [2.75, 3.05) is 0 Å². The number of hydrogen-bond acceptors (Lipinski definition) is 5. The molecule has 0 aliphatic carbocycles. The minimum atomic E-state index is -0.0312. The molecule has 1 N–H and O–H groups in total. The van der Waals surface area contributed by atoms with Gasteiger partial charge < -0.3 is 14.6 Å². The number of aromatic hydroxyl groups is 1. The monoisotopic (exact) mass is 330 g/mol. The van der Waals surface area contributed by atoms with Crippen molar-refractivity contribution in [1.29, 1.82) is 0 Å². The van der Waals surface area contributed by atoms with Gasteiger partial charge in [-0.2, -0.15) is 0 Å². The van der Waals surface area contributed by atoms with E-state index in [0.717, 1.165) is 10.9 Å². The third-order valence-corrected chi connectivity index (χ3v) is 3.62. The molecule has 4 rings (SSSR count). The molecule has 0 aliphatic rings. The predicted octanol–water partition coefficient (Wildman–Crippen LogP) is 4.92. The van der Waals surface area contributed by atoms with E-state index in [2.05, 4.69) is 9.97 Å². The molecule has 0 bridgehead atoms. The van der Waals surface area contributed by atoms with Crippen molar-refractivity contribution < 1.29 is 14.6 Å². The molecular formula is C20H14N2O3. The number of ether oxygens (including phenoxy) is 2. The first-order valence-electron chi connectivity index (χ1n) is 7.74. The lowest BCUT2D eigenvalue weighted by Gasteiger charge is -2.13. The average Bonchev–Trinajstić information content (AvgIpc) is 2.66. The van der Waals surface area contributed by atoms with Gasteiger partial charge in [0.15, 0.2) is 17.2 Å². The molecule has 0 fully saturated rings. The Hall–Kier alpha value is -3.60. The molecule has 0 radical (unpaired) electrons. The van der Waals surface area contributed by atoms with Crippen LogP contribution in [-0.2, 0) is 0 Å². The lowest BCUT2D eigenvalue weighted by atomic mass is 10.2. The maximum absolute atomic E-state index is 10.2.